The van der Waals surface area contributed by atoms with E-state index < -0.39 is 17.6 Å². The Kier molecular flexibility index (Phi) is 6.58. The molecule has 2 N–H and O–H groups in total. The highest BCUT2D eigenvalue weighted by molar-refractivity contribution is 6.35. The van der Waals surface area contributed by atoms with Crippen molar-refractivity contribution in [1.29, 1.82) is 0 Å². The smallest absolute Gasteiger partial charge is 0.233 e. The van der Waals surface area contributed by atoms with Crippen LogP contribution in [-0.4, -0.2) is 18.4 Å². The molecule has 2 amide bonds. The Labute approximate surface area is 149 Å². The molecule has 0 atom stereocenters. The number of anilines is 1. The van der Waals surface area contributed by atoms with E-state index in [1.165, 1.54) is 24.3 Å². The summed E-state index contributed by atoms with van der Waals surface area (Å²) in [6, 6.07) is 10.5. The van der Waals surface area contributed by atoms with Gasteiger partial charge in [0.15, 0.2) is 0 Å². The highest BCUT2D eigenvalue weighted by Crippen LogP contribution is 2.21. The summed E-state index contributed by atoms with van der Waals surface area (Å²) in [4.78, 5) is 23.5. The summed E-state index contributed by atoms with van der Waals surface area (Å²) in [6.07, 6.45) is 0.215. The van der Waals surface area contributed by atoms with Crippen LogP contribution in [0.2, 0.25) is 10.0 Å². The van der Waals surface area contributed by atoms with Crippen LogP contribution in [0.4, 0.5) is 10.1 Å². The molecule has 4 nitrogen and oxygen atoms in total. The quantitative estimate of drug-likeness (QED) is 0.761. The number of amides is 2. The molecule has 0 fully saturated rings. The van der Waals surface area contributed by atoms with Gasteiger partial charge in [0, 0.05) is 22.3 Å². The van der Waals surface area contributed by atoms with Crippen LogP contribution >= 0.6 is 23.2 Å². The summed E-state index contributed by atoms with van der Waals surface area (Å²) in [5.74, 6) is -1.27. The standard InChI is InChI=1S/C17H15Cl2FN2O2/c18-12-2-1-11(15(19)9-12)7-8-21-16(23)10-17(24)22-14-5-3-13(20)4-6-14/h1-6,9H,7-8,10H2,(H,21,23)(H,22,24). The number of nitrogens with one attached hydrogen (secondary N) is 2. The van der Waals surface area contributed by atoms with Crippen LogP contribution in [0.3, 0.4) is 0 Å². The summed E-state index contributed by atoms with van der Waals surface area (Å²) in [7, 11) is 0. The molecule has 0 bridgehead atoms. The maximum absolute atomic E-state index is 12.8. The van der Waals surface area contributed by atoms with Gasteiger partial charge in [-0.2, -0.15) is 0 Å². The second-order valence-electron chi connectivity index (χ2n) is 5.07. The first-order valence-electron chi connectivity index (χ1n) is 7.20. The van der Waals surface area contributed by atoms with E-state index in [0.29, 0.717) is 28.7 Å². The minimum Gasteiger partial charge on any atom is -0.355 e. The first-order valence-corrected chi connectivity index (χ1v) is 7.95. The number of halogens is 3. The summed E-state index contributed by atoms with van der Waals surface area (Å²) in [6.45, 7) is 0.351. The molecule has 2 aromatic rings. The molecule has 0 saturated carbocycles. The molecule has 0 aliphatic heterocycles. The van der Waals surface area contributed by atoms with Crippen LogP contribution in [0.15, 0.2) is 42.5 Å². The van der Waals surface area contributed by atoms with Crippen LogP contribution in [-0.2, 0) is 16.0 Å². The van der Waals surface area contributed by atoms with E-state index in [4.69, 9.17) is 23.2 Å². The fraction of sp³-hybridized carbons (Fsp3) is 0.176. The Bertz CT molecular complexity index is 736. The Morgan fingerprint density at radius 3 is 2.38 bits per heavy atom. The second kappa shape index (κ2) is 8.66. The van der Waals surface area contributed by atoms with Crippen molar-refractivity contribution in [2.24, 2.45) is 0 Å². The van der Waals surface area contributed by atoms with E-state index in [-0.39, 0.29) is 6.42 Å². The molecule has 2 rings (SSSR count). The molecule has 0 unspecified atom stereocenters. The maximum Gasteiger partial charge on any atom is 0.233 e. The van der Waals surface area contributed by atoms with Gasteiger partial charge in [0.25, 0.3) is 0 Å². The first-order chi connectivity index (χ1) is 11.4. The maximum atomic E-state index is 12.8. The largest absolute Gasteiger partial charge is 0.355 e. The molecule has 0 aromatic heterocycles. The topological polar surface area (TPSA) is 58.2 Å². The van der Waals surface area contributed by atoms with Crippen molar-refractivity contribution < 1.29 is 14.0 Å². The van der Waals surface area contributed by atoms with Gasteiger partial charge in [-0.3, -0.25) is 9.59 Å². The molecule has 126 valence electrons. The number of hydrogen-bond donors (Lipinski definition) is 2. The van der Waals surface area contributed by atoms with E-state index in [1.807, 2.05) is 0 Å². The molecule has 0 radical (unpaired) electrons. The van der Waals surface area contributed by atoms with Gasteiger partial charge in [-0.05, 0) is 48.4 Å². The highest BCUT2D eigenvalue weighted by Gasteiger charge is 2.10. The van der Waals surface area contributed by atoms with Crippen LogP contribution in [0.25, 0.3) is 0 Å². The average Bonchev–Trinajstić information content (AvgIpc) is 2.51. The molecule has 2 aromatic carbocycles. The monoisotopic (exact) mass is 368 g/mol. The van der Waals surface area contributed by atoms with Crippen molar-refractivity contribution in [3.8, 4) is 0 Å². The van der Waals surface area contributed by atoms with Gasteiger partial charge in [-0.25, -0.2) is 4.39 Å². The Morgan fingerprint density at radius 1 is 1.00 bits per heavy atom. The number of hydrogen-bond acceptors (Lipinski definition) is 2. The zero-order valence-corrected chi connectivity index (χ0v) is 14.1. The summed E-state index contributed by atoms with van der Waals surface area (Å²) in [5, 5.41) is 6.25. The van der Waals surface area contributed by atoms with Crippen LogP contribution in [0.5, 0.6) is 0 Å². The minimum atomic E-state index is -0.469. The van der Waals surface area contributed by atoms with E-state index in [9.17, 15) is 14.0 Å². The van der Waals surface area contributed by atoms with Gasteiger partial charge in [0.2, 0.25) is 11.8 Å². The van der Waals surface area contributed by atoms with Crippen molar-refractivity contribution in [3.63, 3.8) is 0 Å². The predicted molar refractivity (Wildman–Crippen MR) is 92.8 cm³/mol. The molecule has 0 heterocycles. The first kappa shape index (κ1) is 18.2. The SMILES string of the molecule is O=C(CC(=O)Nc1ccc(F)cc1)NCCc1ccc(Cl)cc1Cl. The van der Waals surface area contributed by atoms with Gasteiger partial charge < -0.3 is 10.6 Å². The van der Waals surface area contributed by atoms with Crippen LogP contribution in [0, 0.1) is 5.82 Å². The van der Waals surface area contributed by atoms with E-state index in [0.717, 1.165) is 5.56 Å². The third-order valence-corrected chi connectivity index (χ3v) is 3.77. The molecular weight excluding hydrogens is 354 g/mol. The van der Waals surface area contributed by atoms with Gasteiger partial charge in [0.1, 0.15) is 12.2 Å². The fourth-order valence-corrected chi connectivity index (χ4v) is 2.51. The number of carbonyl (C=O) groups is 2. The fourth-order valence-electron chi connectivity index (χ4n) is 2.01. The predicted octanol–water partition coefficient (Wildman–Crippen LogP) is 3.82. The molecule has 24 heavy (non-hydrogen) atoms. The van der Waals surface area contributed by atoms with Gasteiger partial charge in [-0.15, -0.1) is 0 Å². The number of rotatable bonds is 6. The lowest BCUT2D eigenvalue weighted by atomic mass is 10.1. The second-order valence-corrected chi connectivity index (χ2v) is 5.91. The van der Waals surface area contributed by atoms with E-state index >= 15 is 0 Å². The molecule has 0 aliphatic carbocycles. The van der Waals surface area contributed by atoms with Crippen LogP contribution < -0.4 is 10.6 Å². The third-order valence-electron chi connectivity index (χ3n) is 3.18. The van der Waals surface area contributed by atoms with Crippen LogP contribution in [0.1, 0.15) is 12.0 Å². The molecule has 0 aliphatic rings. The Hall–Kier alpha value is -2.11. The Balaban J connectivity index is 1.74. The molecule has 0 saturated heterocycles. The van der Waals surface area contributed by atoms with Crippen molar-refractivity contribution in [2.45, 2.75) is 12.8 Å². The Morgan fingerprint density at radius 2 is 1.71 bits per heavy atom. The zero-order valence-electron chi connectivity index (χ0n) is 12.6. The van der Waals surface area contributed by atoms with E-state index in [1.54, 1.807) is 18.2 Å². The number of carbonyl (C=O) groups excluding carboxylic acids is 2. The molecule has 0 spiro atoms. The number of benzene rings is 2. The van der Waals surface area contributed by atoms with Crippen molar-refractivity contribution >= 4 is 40.7 Å². The normalized spacial score (nSPS) is 10.3. The highest BCUT2D eigenvalue weighted by atomic mass is 35.5. The minimum absolute atomic E-state index is 0.314. The summed E-state index contributed by atoms with van der Waals surface area (Å²) >= 11 is 11.9. The zero-order chi connectivity index (χ0) is 17.5. The summed E-state index contributed by atoms with van der Waals surface area (Å²) in [5.41, 5.74) is 1.29. The summed E-state index contributed by atoms with van der Waals surface area (Å²) < 4.78 is 12.8. The lowest BCUT2D eigenvalue weighted by Gasteiger charge is -2.08. The average molecular weight is 369 g/mol. The van der Waals surface area contributed by atoms with Gasteiger partial charge in [-0.1, -0.05) is 29.3 Å². The third kappa shape index (κ3) is 5.83. The van der Waals surface area contributed by atoms with Crippen molar-refractivity contribution in [2.75, 3.05) is 11.9 Å². The lowest BCUT2D eigenvalue weighted by Crippen LogP contribution is -2.29. The van der Waals surface area contributed by atoms with Gasteiger partial charge in [0.05, 0.1) is 0 Å². The van der Waals surface area contributed by atoms with Crippen molar-refractivity contribution in [3.05, 3.63) is 63.9 Å². The van der Waals surface area contributed by atoms with Gasteiger partial charge >= 0.3 is 0 Å². The molecular formula is C17H15Cl2FN2O2. The lowest BCUT2D eigenvalue weighted by molar-refractivity contribution is -0.126. The van der Waals surface area contributed by atoms with Crippen molar-refractivity contribution in [1.82, 2.24) is 5.32 Å². The molecule has 7 heteroatoms. The van der Waals surface area contributed by atoms with E-state index in [2.05, 4.69) is 10.6 Å².